The lowest BCUT2D eigenvalue weighted by molar-refractivity contribution is -0.121. The van der Waals surface area contributed by atoms with Gasteiger partial charge in [0.05, 0.1) is 29.2 Å². The molecule has 0 saturated carbocycles. The van der Waals surface area contributed by atoms with E-state index in [4.69, 9.17) is 0 Å². The molecular formula is C21H25N5O3. The number of aromatic nitrogens is 2. The number of rotatable bonds is 6. The number of carbonyl (C=O) groups is 3. The lowest BCUT2D eigenvalue weighted by atomic mass is 9.98. The Morgan fingerprint density at radius 3 is 2.86 bits per heavy atom. The molecule has 2 aliphatic rings. The average Bonchev–Trinajstić information content (AvgIpc) is 3.30. The quantitative estimate of drug-likeness (QED) is 0.781. The summed E-state index contributed by atoms with van der Waals surface area (Å²) in [5.74, 6) is -0.278. The van der Waals surface area contributed by atoms with Crippen LogP contribution in [0.4, 0.5) is 5.69 Å². The number of nitrogens with zero attached hydrogens (tertiary/aromatic N) is 3. The van der Waals surface area contributed by atoms with Crippen molar-refractivity contribution in [2.75, 3.05) is 11.4 Å². The van der Waals surface area contributed by atoms with Gasteiger partial charge in [-0.2, -0.15) is 5.10 Å². The third kappa shape index (κ3) is 3.28. The molecule has 0 unspecified atom stereocenters. The molecule has 2 N–H and O–H groups in total. The zero-order valence-electron chi connectivity index (χ0n) is 16.7. The van der Waals surface area contributed by atoms with E-state index in [1.54, 1.807) is 21.9 Å². The highest BCUT2D eigenvalue weighted by Crippen LogP contribution is 2.43. The zero-order valence-corrected chi connectivity index (χ0v) is 16.7. The molecule has 2 aliphatic heterocycles. The topological polar surface area (TPSA) is 98.4 Å². The number of para-hydroxylation sites is 1. The Morgan fingerprint density at radius 1 is 1.31 bits per heavy atom. The van der Waals surface area contributed by atoms with Crippen LogP contribution in [0.3, 0.4) is 0 Å². The number of anilines is 1. The standard InChI is InChI=1S/C21H25N5O3/c1-3-14-12-15(24-23-14)13-22-18(27)9-11-25-20(29)16-6-4-5-7-17(16)26-19(28)8-10-21(25,26)2/h4-7,12H,3,8-11,13H2,1-2H3,(H,22,27)(H,23,24)/t21-/m1/s1. The molecule has 8 nitrogen and oxygen atoms in total. The van der Waals surface area contributed by atoms with Crippen LogP contribution in [0.25, 0.3) is 0 Å². The fraction of sp³-hybridized carbons (Fsp3) is 0.429. The van der Waals surface area contributed by atoms with Crippen LogP contribution in [0.15, 0.2) is 30.3 Å². The number of aromatic amines is 1. The summed E-state index contributed by atoms with van der Waals surface area (Å²) in [7, 11) is 0. The first kappa shape index (κ1) is 19.2. The van der Waals surface area contributed by atoms with Crippen molar-refractivity contribution >= 4 is 23.4 Å². The molecule has 0 spiro atoms. The lowest BCUT2D eigenvalue weighted by Crippen LogP contribution is -2.62. The minimum atomic E-state index is -0.734. The molecule has 2 aromatic rings. The Balaban J connectivity index is 1.46. The van der Waals surface area contributed by atoms with Gasteiger partial charge in [-0.1, -0.05) is 19.1 Å². The van der Waals surface area contributed by atoms with Gasteiger partial charge in [-0.15, -0.1) is 0 Å². The van der Waals surface area contributed by atoms with Crippen molar-refractivity contribution < 1.29 is 14.4 Å². The summed E-state index contributed by atoms with van der Waals surface area (Å²) in [6.45, 7) is 4.54. The Hall–Kier alpha value is -3.16. The predicted molar refractivity (Wildman–Crippen MR) is 107 cm³/mol. The molecule has 8 heteroatoms. The molecule has 3 heterocycles. The summed E-state index contributed by atoms with van der Waals surface area (Å²) in [4.78, 5) is 41.5. The number of amides is 3. The Labute approximate surface area is 169 Å². The second kappa shape index (κ2) is 7.35. The summed E-state index contributed by atoms with van der Waals surface area (Å²) in [5.41, 5.74) is 2.23. The Kier molecular flexibility index (Phi) is 4.86. The van der Waals surface area contributed by atoms with E-state index in [1.807, 2.05) is 32.0 Å². The van der Waals surface area contributed by atoms with Crippen LogP contribution in [0.2, 0.25) is 0 Å². The van der Waals surface area contributed by atoms with E-state index in [0.717, 1.165) is 17.8 Å². The van der Waals surface area contributed by atoms with Crippen molar-refractivity contribution in [2.45, 2.75) is 51.7 Å². The monoisotopic (exact) mass is 395 g/mol. The van der Waals surface area contributed by atoms with Crippen molar-refractivity contribution in [3.63, 3.8) is 0 Å². The van der Waals surface area contributed by atoms with Crippen LogP contribution in [0.5, 0.6) is 0 Å². The van der Waals surface area contributed by atoms with E-state index in [0.29, 0.717) is 30.6 Å². The first-order chi connectivity index (χ1) is 13.9. The van der Waals surface area contributed by atoms with Gasteiger partial charge in [-0.05, 0) is 38.0 Å². The van der Waals surface area contributed by atoms with E-state index < -0.39 is 5.66 Å². The molecule has 3 amide bonds. The number of nitrogens with one attached hydrogen (secondary N) is 2. The van der Waals surface area contributed by atoms with Crippen molar-refractivity contribution in [1.29, 1.82) is 0 Å². The Morgan fingerprint density at radius 2 is 2.10 bits per heavy atom. The molecule has 1 aromatic heterocycles. The maximum atomic E-state index is 13.1. The predicted octanol–water partition coefficient (Wildman–Crippen LogP) is 1.98. The molecule has 0 aliphatic carbocycles. The maximum Gasteiger partial charge on any atom is 0.257 e. The number of fused-ring (bicyclic) bond motifs is 3. The first-order valence-corrected chi connectivity index (χ1v) is 9.98. The molecule has 4 rings (SSSR count). The summed E-state index contributed by atoms with van der Waals surface area (Å²) < 4.78 is 0. The molecular weight excluding hydrogens is 370 g/mol. The summed E-state index contributed by atoms with van der Waals surface area (Å²) in [6.07, 6.45) is 1.94. The van der Waals surface area contributed by atoms with Crippen molar-refractivity contribution in [2.24, 2.45) is 0 Å². The van der Waals surface area contributed by atoms with Gasteiger partial charge in [0.2, 0.25) is 11.8 Å². The van der Waals surface area contributed by atoms with E-state index in [-0.39, 0.29) is 30.7 Å². The van der Waals surface area contributed by atoms with Crippen LogP contribution >= 0.6 is 0 Å². The number of aryl methyl sites for hydroxylation is 1. The maximum absolute atomic E-state index is 13.1. The summed E-state index contributed by atoms with van der Waals surface area (Å²) in [5, 5.41) is 9.91. The normalized spacial score (nSPS) is 20.6. The average molecular weight is 395 g/mol. The van der Waals surface area contributed by atoms with Crippen molar-refractivity contribution in [3.05, 3.63) is 47.3 Å². The first-order valence-electron chi connectivity index (χ1n) is 9.98. The molecule has 0 radical (unpaired) electrons. The molecule has 1 atom stereocenters. The fourth-order valence-corrected chi connectivity index (χ4v) is 4.22. The Bertz CT molecular complexity index is 969. The van der Waals surface area contributed by atoms with Gasteiger partial charge < -0.3 is 10.2 Å². The van der Waals surface area contributed by atoms with E-state index in [2.05, 4.69) is 15.5 Å². The van der Waals surface area contributed by atoms with Crippen LogP contribution < -0.4 is 10.2 Å². The minimum absolute atomic E-state index is 0.00729. The summed E-state index contributed by atoms with van der Waals surface area (Å²) >= 11 is 0. The molecule has 1 fully saturated rings. The molecule has 0 bridgehead atoms. The molecule has 152 valence electrons. The molecule has 1 saturated heterocycles. The number of hydrogen-bond donors (Lipinski definition) is 2. The highest BCUT2D eigenvalue weighted by Gasteiger charge is 2.52. The molecule has 29 heavy (non-hydrogen) atoms. The minimum Gasteiger partial charge on any atom is -0.350 e. The SMILES string of the molecule is CCc1cc(CNC(=O)CCN2C(=O)c3ccccc3N3C(=O)CC[C@]23C)[nH]n1. The largest absolute Gasteiger partial charge is 0.350 e. The molecule has 1 aromatic carbocycles. The van der Waals surface area contributed by atoms with Gasteiger partial charge in [0.25, 0.3) is 5.91 Å². The lowest BCUT2D eigenvalue weighted by Gasteiger charge is -2.48. The smallest absolute Gasteiger partial charge is 0.257 e. The van der Waals surface area contributed by atoms with Crippen LogP contribution in [-0.4, -0.2) is 45.0 Å². The number of benzene rings is 1. The third-order valence-electron chi connectivity index (χ3n) is 5.83. The van der Waals surface area contributed by atoms with Crippen LogP contribution in [0, 0.1) is 0 Å². The van der Waals surface area contributed by atoms with Crippen LogP contribution in [0.1, 0.15) is 54.9 Å². The van der Waals surface area contributed by atoms with E-state index in [9.17, 15) is 14.4 Å². The number of carbonyl (C=O) groups excluding carboxylic acids is 3. The number of hydrogen-bond acceptors (Lipinski definition) is 4. The highest BCUT2D eigenvalue weighted by molar-refractivity contribution is 6.10. The van der Waals surface area contributed by atoms with E-state index >= 15 is 0 Å². The zero-order chi connectivity index (χ0) is 20.6. The summed E-state index contributed by atoms with van der Waals surface area (Å²) in [6, 6.07) is 9.10. The van der Waals surface area contributed by atoms with Crippen LogP contribution in [-0.2, 0) is 22.6 Å². The fourth-order valence-electron chi connectivity index (χ4n) is 4.22. The van der Waals surface area contributed by atoms with Crippen molar-refractivity contribution in [3.8, 4) is 0 Å². The van der Waals surface area contributed by atoms with Gasteiger partial charge >= 0.3 is 0 Å². The second-order valence-corrected chi connectivity index (χ2v) is 7.68. The van der Waals surface area contributed by atoms with Gasteiger partial charge in [0.15, 0.2) is 0 Å². The van der Waals surface area contributed by atoms with Crippen molar-refractivity contribution in [1.82, 2.24) is 20.4 Å². The van der Waals surface area contributed by atoms with Gasteiger partial charge in [-0.3, -0.25) is 24.4 Å². The third-order valence-corrected chi connectivity index (χ3v) is 5.83. The van der Waals surface area contributed by atoms with Gasteiger partial charge in [0, 0.05) is 19.4 Å². The van der Waals surface area contributed by atoms with E-state index in [1.165, 1.54) is 0 Å². The van der Waals surface area contributed by atoms with Gasteiger partial charge in [-0.25, -0.2) is 0 Å². The van der Waals surface area contributed by atoms with Gasteiger partial charge in [0.1, 0.15) is 5.66 Å². The second-order valence-electron chi connectivity index (χ2n) is 7.68. The number of H-pyrrole nitrogens is 1. The highest BCUT2D eigenvalue weighted by atomic mass is 16.2.